The number of hydrogen-bond acceptors (Lipinski definition) is 2. The first-order chi connectivity index (χ1) is 7.07. The van der Waals surface area contributed by atoms with Crippen LogP contribution in [0.25, 0.3) is 0 Å². The molecule has 0 amide bonds. The molecule has 0 aliphatic heterocycles. The monoisotopic (exact) mass is 203 g/mol. The zero-order chi connectivity index (χ0) is 11.4. The maximum atomic E-state index is 11.5. The van der Waals surface area contributed by atoms with Crippen molar-refractivity contribution in [3.63, 3.8) is 0 Å². The molecule has 0 aromatic heterocycles. The van der Waals surface area contributed by atoms with Gasteiger partial charge >= 0.3 is 0 Å². The van der Waals surface area contributed by atoms with Crippen LogP contribution in [0, 0.1) is 13.8 Å². The van der Waals surface area contributed by atoms with Gasteiger partial charge in [0.05, 0.1) is 0 Å². The number of ketones is 1. The summed E-state index contributed by atoms with van der Waals surface area (Å²) < 4.78 is 0. The minimum atomic E-state index is 0.0329. The van der Waals surface area contributed by atoms with E-state index < -0.39 is 0 Å². The fraction of sp³-hybridized carbons (Fsp3) is 0.385. The lowest BCUT2D eigenvalue weighted by Crippen LogP contribution is -2.14. The molecule has 0 spiro atoms. The minimum Gasteiger partial charge on any atom is -0.293 e. The maximum absolute atomic E-state index is 11.5. The van der Waals surface area contributed by atoms with Crippen LogP contribution in [0.15, 0.2) is 23.2 Å². The summed E-state index contributed by atoms with van der Waals surface area (Å²) in [4.78, 5) is 15.7. The molecule has 1 aromatic rings. The van der Waals surface area contributed by atoms with Gasteiger partial charge in [-0.05, 0) is 31.9 Å². The summed E-state index contributed by atoms with van der Waals surface area (Å²) in [6.45, 7) is 8.22. The Morgan fingerprint density at radius 1 is 1.33 bits per heavy atom. The molecule has 0 bridgehead atoms. The van der Waals surface area contributed by atoms with Crippen LogP contribution in [0.2, 0.25) is 0 Å². The largest absolute Gasteiger partial charge is 0.293 e. The first-order valence-corrected chi connectivity index (χ1v) is 5.20. The maximum Gasteiger partial charge on any atom is 0.178 e. The Hall–Kier alpha value is -1.44. The van der Waals surface area contributed by atoms with Gasteiger partial charge in [0.15, 0.2) is 5.78 Å². The highest BCUT2D eigenvalue weighted by atomic mass is 16.1. The first kappa shape index (κ1) is 11.6. The molecule has 0 unspecified atom stereocenters. The second-order valence-electron chi connectivity index (χ2n) is 3.63. The molecular weight excluding hydrogens is 186 g/mol. The van der Waals surface area contributed by atoms with Crippen molar-refractivity contribution < 1.29 is 4.79 Å². The van der Waals surface area contributed by atoms with Crippen molar-refractivity contribution in [2.45, 2.75) is 27.7 Å². The molecule has 80 valence electrons. The van der Waals surface area contributed by atoms with Gasteiger partial charge in [0.1, 0.15) is 5.71 Å². The molecule has 2 heteroatoms. The number of rotatable bonds is 3. The molecule has 2 nitrogen and oxygen atoms in total. The van der Waals surface area contributed by atoms with E-state index in [1.54, 1.807) is 6.92 Å². The van der Waals surface area contributed by atoms with Crippen LogP contribution in [-0.4, -0.2) is 18.0 Å². The van der Waals surface area contributed by atoms with Gasteiger partial charge in [0.2, 0.25) is 0 Å². The SMILES string of the molecule is CC/N=C(/C(C)=O)c1cccc(C)c1C. The van der Waals surface area contributed by atoms with E-state index >= 15 is 0 Å². The number of Topliss-reactive ketones (excluding diaryl/α,β-unsaturated/α-hetero) is 1. The summed E-state index contributed by atoms with van der Waals surface area (Å²) in [7, 11) is 0. The zero-order valence-electron chi connectivity index (χ0n) is 9.79. The molecule has 0 fully saturated rings. The Labute approximate surface area is 91.0 Å². The summed E-state index contributed by atoms with van der Waals surface area (Å²) in [5.74, 6) is 0.0329. The molecule has 0 N–H and O–H groups in total. The Bertz CT molecular complexity index is 405. The summed E-state index contributed by atoms with van der Waals surface area (Å²) in [5, 5.41) is 0. The molecule has 1 rings (SSSR count). The highest BCUT2D eigenvalue weighted by Gasteiger charge is 2.11. The van der Waals surface area contributed by atoms with Crippen molar-refractivity contribution in [2.24, 2.45) is 4.99 Å². The standard InChI is InChI=1S/C13H17NO/c1-5-14-13(11(4)15)12-8-6-7-9(2)10(12)3/h6-8H,5H2,1-4H3/b14-13-. The third kappa shape index (κ3) is 2.52. The molecule has 0 saturated heterocycles. The van der Waals surface area contributed by atoms with Gasteiger partial charge in [-0.3, -0.25) is 9.79 Å². The minimum absolute atomic E-state index is 0.0329. The number of hydrogen-bond donors (Lipinski definition) is 0. The summed E-state index contributed by atoms with van der Waals surface area (Å²) in [6.07, 6.45) is 0. The van der Waals surface area contributed by atoms with Crippen LogP contribution in [0.5, 0.6) is 0 Å². The van der Waals surface area contributed by atoms with Gasteiger partial charge in [-0.15, -0.1) is 0 Å². The lowest BCUT2D eigenvalue weighted by atomic mass is 9.98. The normalized spacial score (nSPS) is 11.6. The van der Waals surface area contributed by atoms with E-state index in [1.807, 2.05) is 39.0 Å². The highest BCUT2D eigenvalue weighted by Crippen LogP contribution is 2.14. The molecule has 15 heavy (non-hydrogen) atoms. The van der Waals surface area contributed by atoms with Gasteiger partial charge in [0, 0.05) is 19.0 Å². The van der Waals surface area contributed by atoms with Crippen LogP contribution < -0.4 is 0 Å². The molecule has 0 atom stereocenters. The molecule has 0 aliphatic rings. The van der Waals surface area contributed by atoms with E-state index in [2.05, 4.69) is 4.99 Å². The van der Waals surface area contributed by atoms with Crippen LogP contribution in [0.4, 0.5) is 0 Å². The van der Waals surface area contributed by atoms with E-state index in [4.69, 9.17) is 0 Å². The smallest absolute Gasteiger partial charge is 0.178 e. The van der Waals surface area contributed by atoms with Crippen LogP contribution in [0.3, 0.4) is 0 Å². The van der Waals surface area contributed by atoms with Gasteiger partial charge in [-0.1, -0.05) is 18.2 Å². The van der Waals surface area contributed by atoms with Crippen molar-refractivity contribution in [1.29, 1.82) is 0 Å². The predicted octanol–water partition coefficient (Wildman–Crippen LogP) is 2.70. The molecule has 0 heterocycles. The third-order valence-electron chi connectivity index (χ3n) is 2.51. The fourth-order valence-electron chi connectivity index (χ4n) is 1.55. The van der Waals surface area contributed by atoms with E-state index in [0.717, 1.165) is 11.1 Å². The lowest BCUT2D eigenvalue weighted by Gasteiger charge is -2.08. The first-order valence-electron chi connectivity index (χ1n) is 5.20. The summed E-state index contributed by atoms with van der Waals surface area (Å²) in [5.41, 5.74) is 3.89. The number of nitrogens with zero attached hydrogens (tertiary/aromatic N) is 1. The number of aryl methyl sites for hydroxylation is 1. The molecule has 0 aliphatic carbocycles. The topological polar surface area (TPSA) is 29.4 Å². The zero-order valence-corrected chi connectivity index (χ0v) is 9.79. The average molecular weight is 203 g/mol. The predicted molar refractivity (Wildman–Crippen MR) is 63.7 cm³/mol. The number of carbonyl (C=O) groups excluding carboxylic acids is 1. The Kier molecular flexibility index (Phi) is 3.78. The number of benzene rings is 1. The second kappa shape index (κ2) is 4.87. The quantitative estimate of drug-likeness (QED) is 0.694. The van der Waals surface area contributed by atoms with Crippen molar-refractivity contribution in [2.75, 3.05) is 6.54 Å². The molecular formula is C13H17NO. The number of aliphatic imine (C=N–C) groups is 1. The number of carbonyl (C=O) groups is 1. The van der Waals surface area contributed by atoms with Gasteiger partial charge in [-0.2, -0.15) is 0 Å². The Morgan fingerprint density at radius 3 is 2.53 bits per heavy atom. The van der Waals surface area contributed by atoms with Crippen molar-refractivity contribution in [3.8, 4) is 0 Å². The molecule has 0 saturated carbocycles. The van der Waals surface area contributed by atoms with Gasteiger partial charge in [-0.25, -0.2) is 0 Å². The fourth-order valence-corrected chi connectivity index (χ4v) is 1.55. The van der Waals surface area contributed by atoms with Crippen molar-refractivity contribution in [3.05, 3.63) is 34.9 Å². The highest BCUT2D eigenvalue weighted by molar-refractivity contribution is 6.45. The van der Waals surface area contributed by atoms with Crippen molar-refractivity contribution in [1.82, 2.24) is 0 Å². The Morgan fingerprint density at radius 2 is 2.00 bits per heavy atom. The van der Waals surface area contributed by atoms with Crippen LogP contribution in [0.1, 0.15) is 30.5 Å². The van der Waals surface area contributed by atoms with E-state index in [9.17, 15) is 4.79 Å². The van der Waals surface area contributed by atoms with E-state index in [1.165, 1.54) is 5.56 Å². The lowest BCUT2D eigenvalue weighted by molar-refractivity contribution is -0.111. The Balaban J connectivity index is 3.30. The molecule has 0 radical (unpaired) electrons. The van der Waals surface area contributed by atoms with Gasteiger partial charge in [0.25, 0.3) is 0 Å². The van der Waals surface area contributed by atoms with Crippen LogP contribution >= 0.6 is 0 Å². The van der Waals surface area contributed by atoms with Crippen molar-refractivity contribution >= 4 is 11.5 Å². The summed E-state index contributed by atoms with van der Waals surface area (Å²) in [6, 6.07) is 5.96. The second-order valence-corrected chi connectivity index (χ2v) is 3.63. The van der Waals surface area contributed by atoms with Crippen LogP contribution in [-0.2, 0) is 4.79 Å². The van der Waals surface area contributed by atoms with E-state index in [-0.39, 0.29) is 5.78 Å². The van der Waals surface area contributed by atoms with Gasteiger partial charge < -0.3 is 0 Å². The van der Waals surface area contributed by atoms with E-state index in [0.29, 0.717) is 12.3 Å². The third-order valence-corrected chi connectivity index (χ3v) is 2.51. The molecule has 1 aromatic carbocycles. The average Bonchev–Trinajstić information content (AvgIpc) is 2.19. The summed E-state index contributed by atoms with van der Waals surface area (Å²) >= 11 is 0.